The van der Waals surface area contributed by atoms with Crippen LogP contribution in [0.25, 0.3) is 6.08 Å². The van der Waals surface area contributed by atoms with Gasteiger partial charge in [0, 0.05) is 43.4 Å². The Balaban J connectivity index is 1.60. The lowest BCUT2D eigenvalue weighted by Gasteiger charge is -2.41. The Morgan fingerprint density at radius 1 is 0.881 bits per heavy atom. The fourth-order valence-electron chi connectivity index (χ4n) is 4.61. The number of amides is 2. The van der Waals surface area contributed by atoms with Gasteiger partial charge in [0.2, 0.25) is 5.91 Å². The van der Waals surface area contributed by atoms with Crippen molar-refractivity contribution >= 4 is 23.6 Å². The van der Waals surface area contributed by atoms with E-state index in [9.17, 15) is 46.0 Å². The summed E-state index contributed by atoms with van der Waals surface area (Å²) >= 11 is 0. The number of halogens is 6. The molecule has 0 N–H and O–H groups in total. The molecule has 1 aliphatic rings. The van der Waals surface area contributed by atoms with Gasteiger partial charge in [0.05, 0.1) is 22.1 Å². The van der Waals surface area contributed by atoms with Crippen LogP contribution in [0, 0.1) is 10.1 Å². The summed E-state index contributed by atoms with van der Waals surface area (Å²) in [5.41, 5.74) is -2.79. The Bertz CT molecular complexity index is 1460. The van der Waals surface area contributed by atoms with Crippen LogP contribution in [0.5, 0.6) is 0 Å². The van der Waals surface area contributed by atoms with E-state index in [4.69, 9.17) is 0 Å². The molecule has 13 heteroatoms. The molecule has 1 fully saturated rings. The first-order chi connectivity index (χ1) is 19.7. The summed E-state index contributed by atoms with van der Waals surface area (Å²) in [5, 5.41) is 10.8. The lowest BCUT2D eigenvalue weighted by molar-refractivity contribution is -0.384. The average molecular weight is 592 g/mol. The van der Waals surface area contributed by atoms with Gasteiger partial charge in [0.15, 0.2) is 0 Å². The topological polar surface area (TPSA) is 83.8 Å². The van der Waals surface area contributed by atoms with Crippen LogP contribution in [-0.2, 0) is 23.6 Å². The van der Waals surface area contributed by atoms with Gasteiger partial charge in [-0.25, -0.2) is 0 Å². The van der Waals surface area contributed by atoms with E-state index in [1.54, 1.807) is 30.3 Å². The number of carbonyl (C=O) groups is 2. The highest BCUT2D eigenvalue weighted by Crippen LogP contribution is 2.37. The smallest absolute Gasteiger partial charge is 0.335 e. The zero-order valence-electron chi connectivity index (χ0n) is 21.7. The highest BCUT2D eigenvalue weighted by atomic mass is 19.4. The number of hydrogen-bond acceptors (Lipinski definition) is 4. The van der Waals surface area contributed by atoms with Gasteiger partial charge in [0.25, 0.3) is 11.6 Å². The lowest BCUT2D eigenvalue weighted by Crippen LogP contribution is -2.57. The van der Waals surface area contributed by atoms with Crippen molar-refractivity contribution in [1.82, 2.24) is 9.80 Å². The molecule has 7 nitrogen and oxygen atoms in total. The molecular formula is C29H23F6N3O4. The number of rotatable bonds is 6. The molecule has 220 valence electrons. The van der Waals surface area contributed by atoms with Gasteiger partial charge >= 0.3 is 12.4 Å². The van der Waals surface area contributed by atoms with Crippen LogP contribution in [0.15, 0.2) is 78.9 Å². The minimum atomic E-state index is -5.11. The molecule has 3 aromatic rings. The fourth-order valence-corrected chi connectivity index (χ4v) is 4.61. The minimum absolute atomic E-state index is 0.0223. The quantitative estimate of drug-likeness (QED) is 0.147. The maximum Gasteiger partial charge on any atom is 0.416 e. The van der Waals surface area contributed by atoms with Crippen molar-refractivity contribution in [2.45, 2.75) is 24.8 Å². The highest BCUT2D eigenvalue weighted by Gasteiger charge is 2.39. The summed E-state index contributed by atoms with van der Waals surface area (Å²) in [4.78, 5) is 39.3. The Morgan fingerprint density at radius 3 is 2.02 bits per heavy atom. The zero-order valence-corrected chi connectivity index (χ0v) is 21.7. The second kappa shape index (κ2) is 12.0. The normalized spacial score (nSPS) is 16.1. The number of nitro groups is 1. The molecule has 0 aromatic heterocycles. The van der Waals surface area contributed by atoms with E-state index in [0.29, 0.717) is 17.7 Å². The van der Waals surface area contributed by atoms with Crippen LogP contribution in [0.4, 0.5) is 32.0 Å². The molecule has 0 bridgehead atoms. The summed E-state index contributed by atoms with van der Waals surface area (Å²) < 4.78 is 80.5. The second-order valence-electron chi connectivity index (χ2n) is 9.60. The first-order valence-electron chi connectivity index (χ1n) is 12.6. The van der Waals surface area contributed by atoms with Crippen molar-refractivity contribution < 1.29 is 40.9 Å². The molecule has 0 saturated carbocycles. The number of nitrogens with zero attached hydrogens (tertiary/aromatic N) is 3. The number of nitro benzene ring substituents is 1. The third kappa shape index (κ3) is 7.33. The monoisotopic (exact) mass is 591 g/mol. The first kappa shape index (κ1) is 30.3. The van der Waals surface area contributed by atoms with Gasteiger partial charge in [-0.2, -0.15) is 26.3 Å². The third-order valence-corrected chi connectivity index (χ3v) is 6.73. The predicted molar refractivity (Wildman–Crippen MR) is 140 cm³/mol. The lowest BCUT2D eigenvalue weighted by atomic mass is 9.99. The molecule has 1 saturated heterocycles. The van der Waals surface area contributed by atoms with Gasteiger partial charge < -0.3 is 9.80 Å². The summed E-state index contributed by atoms with van der Waals surface area (Å²) in [6.07, 6.45) is -7.33. The van der Waals surface area contributed by atoms with E-state index < -0.39 is 51.8 Å². The van der Waals surface area contributed by atoms with E-state index in [1.807, 2.05) is 0 Å². The van der Waals surface area contributed by atoms with Crippen LogP contribution < -0.4 is 0 Å². The Hall–Kier alpha value is -4.68. The zero-order chi connectivity index (χ0) is 30.7. The van der Waals surface area contributed by atoms with Crippen molar-refractivity contribution in [3.8, 4) is 0 Å². The fraction of sp³-hybridized carbons (Fsp3) is 0.241. The SMILES string of the molecule is O=C(/C=C/c1ccc([N+](=O)[O-])cc1)N1CCN(C(=O)c2cc(C(F)(F)F)cc(C(F)(F)F)c2)[C@H](Cc2ccccc2)C1. The summed E-state index contributed by atoms with van der Waals surface area (Å²) in [5.74, 6) is -1.46. The van der Waals surface area contributed by atoms with Gasteiger partial charge in [-0.3, -0.25) is 19.7 Å². The molecule has 0 aliphatic carbocycles. The molecule has 1 heterocycles. The van der Waals surface area contributed by atoms with E-state index in [2.05, 4.69) is 0 Å². The Kier molecular flexibility index (Phi) is 8.69. The van der Waals surface area contributed by atoms with E-state index in [-0.39, 0.29) is 37.8 Å². The Morgan fingerprint density at radius 2 is 1.48 bits per heavy atom. The molecular weight excluding hydrogens is 568 g/mol. The number of carbonyl (C=O) groups excluding carboxylic acids is 2. The van der Waals surface area contributed by atoms with E-state index >= 15 is 0 Å². The number of benzene rings is 3. The maximum atomic E-state index is 13.4. The highest BCUT2D eigenvalue weighted by molar-refractivity contribution is 5.96. The number of alkyl halides is 6. The summed E-state index contributed by atoms with van der Waals surface area (Å²) in [6, 6.07) is 14.2. The second-order valence-corrected chi connectivity index (χ2v) is 9.60. The van der Waals surface area contributed by atoms with E-state index in [1.165, 1.54) is 46.2 Å². The molecule has 0 unspecified atom stereocenters. The molecule has 0 spiro atoms. The van der Waals surface area contributed by atoms with Crippen LogP contribution in [-0.4, -0.2) is 52.2 Å². The van der Waals surface area contributed by atoms with Gasteiger partial charge in [0.1, 0.15) is 0 Å². The van der Waals surface area contributed by atoms with Crippen LogP contribution in [0.3, 0.4) is 0 Å². The average Bonchev–Trinajstić information content (AvgIpc) is 2.95. The van der Waals surface area contributed by atoms with Gasteiger partial charge in [-0.15, -0.1) is 0 Å². The Labute approximate surface area is 235 Å². The molecule has 1 aliphatic heterocycles. The summed E-state index contributed by atoms with van der Waals surface area (Å²) in [7, 11) is 0. The molecule has 4 rings (SSSR count). The number of piperazine rings is 1. The van der Waals surface area contributed by atoms with Crippen molar-refractivity contribution in [3.63, 3.8) is 0 Å². The molecule has 3 aromatic carbocycles. The number of hydrogen-bond donors (Lipinski definition) is 0. The standard InChI is InChI=1S/C29H23F6N3O4/c30-28(31,32)22-15-21(16-23(17-22)29(33,34)35)27(40)37-13-12-36(18-25(37)14-20-4-2-1-3-5-20)26(39)11-8-19-6-9-24(10-7-19)38(41)42/h1-11,15-17,25H,12-14,18H2/b11-8+/t25-/m1/s1. The maximum absolute atomic E-state index is 13.4. The minimum Gasteiger partial charge on any atom is -0.335 e. The van der Waals surface area contributed by atoms with Crippen molar-refractivity contribution in [2.75, 3.05) is 19.6 Å². The first-order valence-corrected chi connectivity index (χ1v) is 12.6. The van der Waals surface area contributed by atoms with Crippen LogP contribution in [0.1, 0.15) is 32.6 Å². The van der Waals surface area contributed by atoms with Crippen molar-refractivity contribution in [3.05, 3.63) is 117 Å². The van der Waals surface area contributed by atoms with Crippen LogP contribution in [0.2, 0.25) is 0 Å². The molecule has 42 heavy (non-hydrogen) atoms. The van der Waals surface area contributed by atoms with E-state index in [0.717, 1.165) is 5.56 Å². The summed E-state index contributed by atoms with van der Waals surface area (Å²) in [6.45, 7) is -0.189. The van der Waals surface area contributed by atoms with Crippen LogP contribution >= 0.6 is 0 Å². The third-order valence-electron chi connectivity index (χ3n) is 6.73. The number of non-ortho nitro benzene ring substituents is 1. The predicted octanol–water partition coefficient (Wildman–Crippen LogP) is 6.24. The van der Waals surface area contributed by atoms with Gasteiger partial charge in [-0.05, 0) is 54.0 Å². The molecule has 0 radical (unpaired) electrons. The molecule has 1 atom stereocenters. The van der Waals surface area contributed by atoms with Gasteiger partial charge in [-0.1, -0.05) is 30.3 Å². The molecule has 2 amide bonds. The van der Waals surface area contributed by atoms with Crippen molar-refractivity contribution in [1.29, 1.82) is 0 Å². The largest absolute Gasteiger partial charge is 0.416 e. The van der Waals surface area contributed by atoms with Crippen molar-refractivity contribution in [2.24, 2.45) is 0 Å².